The van der Waals surface area contributed by atoms with Crippen LogP contribution in [0.5, 0.6) is 0 Å². The lowest BCUT2D eigenvalue weighted by Gasteiger charge is -2.16. The molecule has 102 valence electrons. The maximum atomic E-state index is 5.84. The highest BCUT2D eigenvalue weighted by molar-refractivity contribution is 7.15. The second kappa shape index (κ2) is 6.73. The van der Waals surface area contributed by atoms with Crippen molar-refractivity contribution in [2.75, 3.05) is 23.3 Å². The Morgan fingerprint density at radius 3 is 2.79 bits per heavy atom. The van der Waals surface area contributed by atoms with Gasteiger partial charge in [0.05, 0.1) is 6.54 Å². The van der Waals surface area contributed by atoms with Crippen molar-refractivity contribution < 1.29 is 0 Å². The SMILES string of the molecule is CCN(CC)c1ncc(CNc2cccc(Cl)n2)s1. The fourth-order valence-corrected chi connectivity index (χ4v) is 2.84. The van der Waals surface area contributed by atoms with Crippen LogP contribution in [0.25, 0.3) is 0 Å². The van der Waals surface area contributed by atoms with Crippen molar-refractivity contribution in [3.8, 4) is 0 Å². The molecule has 19 heavy (non-hydrogen) atoms. The number of halogens is 1. The zero-order chi connectivity index (χ0) is 13.7. The van der Waals surface area contributed by atoms with Crippen LogP contribution in [0.4, 0.5) is 10.9 Å². The first-order valence-corrected chi connectivity index (χ1v) is 7.48. The maximum absolute atomic E-state index is 5.84. The van der Waals surface area contributed by atoms with Crippen LogP contribution in [0.3, 0.4) is 0 Å². The number of rotatable bonds is 6. The predicted molar refractivity (Wildman–Crippen MR) is 82.2 cm³/mol. The van der Waals surface area contributed by atoms with E-state index in [0.717, 1.165) is 24.0 Å². The van der Waals surface area contributed by atoms with E-state index in [1.165, 1.54) is 4.88 Å². The van der Waals surface area contributed by atoms with E-state index >= 15 is 0 Å². The second-order valence-electron chi connectivity index (χ2n) is 3.98. The Bertz CT molecular complexity index is 525. The minimum Gasteiger partial charge on any atom is -0.365 e. The summed E-state index contributed by atoms with van der Waals surface area (Å²) in [6.07, 6.45) is 1.91. The molecule has 0 saturated heterocycles. The van der Waals surface area contributed by atoms with Gasteiger partial charge in [0.25, 0.3) is 0 Å². The van der Waals surface area contributed by atoms with E-state index in [0.29, 0.717) is 11.7 Å². The van der Waals surface area contributed by atoms with Crippen molar-refractivity contribution in [3.05, 3.63) is 34.4 Å². The number of hydrogen-bond acceptors (Lipinski definition) is 5. The highest BCUT2D eigenvalue weighted by atomic mass is 35.5. The third-order valence-corrected chi connectivity index (χ3v) is 4.00. The van der Waals surface area contributed by atoms with Crippen LogP contribution >= 0.6 is 22.9 Å². The standard InChI is InChI=1S/C13H17ClN4S/c1-3-18(4-2)13-16-9-10(19-13)8-15-12-7-5-6-11(14)17-12/h5-7,9H,3-4,8H2,1-2H3,(H,15,17). The van der Waals surface area contributed by atoms with Gasteiger partial charge in [0.15, 0.2) is 5.13 Å². The summed E-state index contributed by atoms with van der Waals surface area (Å²) in [5.74, 6) is 0.783. The van der Waals surface area contributed by atoms with E-state index in [4.69, 9.17) is 11.6 Å². The first-order valence-electron chi connectivity index (χ1n) is 6.29. The molecule has 0 amide bonds. The lowest BCUT2D eigenvalue weighted by atomic mass is 10.4. The number of hydrogen-bond donors (Lipinski definition) is 1. The number of nitrogens with one attached hydrogen (secondary N) is 1. The summed E-state index contributed by atoms with van der Waals surface area (Å²) >= 11 is 7.55. The number of thiazole rings is 1. The highest BCUT2D eigenvalue weighted by Crippen LogP contribution is 2.23. The molecule has 0 aliphatic rings. The molecular weight excluding hydrogens is 280 g/mol. The quantitative estimate of drug-likeness (QED) is 0.826. The fraction of sp³-hybridized carbons (Fsp3) is 0.385. The number of aromatic nitrogens is 2. The molecular formula is C13H17ClN4S. The fourth-order valence-electron chi connectivity index (χ4n) is 1.70. The molecule has 0 spiro atoms. The highest BCUT2D eigenvalue weighted by Gasteiger charge is 2.07. The molecule has 0 aliphatic heterocycles. The Balaban J connectivity index is 1.97. The summed E-state index contributed by atoms with van der Waals surface area (Å²) in [6.45, 7) is 6.95. The third-order valence-electron chi connectivity index (χ3n) is 2.73. The zero-order valence-electron chi connectivity index (χ0n) is 11.1. The molecule has 0 bridgehead atoms. The lowest BCUT2D eigenvalue weighted by molar-refractivity contribution is 0.860. The van der Waals surface area contributed by atoms with Crippen LogP contribution in [0.1, 0.15) is 18.7 Å². The average molecular weight is 297 g/mol. The first kappa shape index (κ1) is 14.1. The Morgan fingerprint density at radius 1 is 1.32 bits per heavy atom. The van der Waals surface area contributed by atoms with Gasteiger partial charge in [-0.2, -0.15) is 0 Å². The first-order chi connectivity index (χ1) is 9.22. The van der Waals surface area contributed by atoms with Gasteiger partial charge >= 0.3 is 0 Å². The van der Waals surface area contributed by atoms with Gasteiger partial charge in [0, 0.05) is 24.2 Å². The van der Waals surface area contributed by atoms with Gasteiger partial charge < -0.3 is 10.2 Å². The predicted octanol–water partition coefficient (Wildman–Crippen LogP) is 3.65. The number of nitrogens with zero attached hydrogens (tertiary/aromatic N) is 3. The second-order valence-corrected chi connectivity index (χ2v) is 5.46. The molecule has 2 rings (SSSR count). The molecule has 2 heterocycles. The van der Waals surface area contributed by atoms with Gasteiger partial charge in [-0.05, 0) is 26.0 Å². The molecule has 0 fully saturated rings. The zero-order valence-corrected chi connectivity index (χ0v) is 12.6. The molecule has 6 heteroatoms. The normalized spacial score (nSPS) is 10.5. The monoisotopic (exact) mass is 296 g/mol. The Labute approximate surface area is 122 Å². The van der Waals surface area contributed by atoms with Crippen molar-refractivity contribution in [3.63, 3.8) is 0 Å². The van der Waals surface area contributed by atoms with Crippen LogP contribution in [-0.4, -0.2) is 23.1 Å². The third kappa shape index (κ3) is 3.81. The van der Waals surface area contributed by atoms with Crippen LogP contribution in [-0.2, 0) is 6.54 Å². The van der Waals surface area contributed by atoms with E-state index in [-0.39, 0.29) is 0 Å². The van der Waals surface area contributed by atoms with E-state index in [1.54, 1.807) is 17.4 Å². The van der Waals surface area contributed by atoms with Crippen molar-refractivity contribution in [2.24, 2.45) is 0 Å². The smallest absolute Gasteiger partial charge is 0.185 e. The Hall–Kier alpha value is -1.33. The maximum Gasteiger partial charge on any atom is 0.185 e. The van der Waals surface area contributed by atoms with Gasteiger partial charge in [-0.1, -0.05) is 17.7 Å². The summed E-state index contributed by atoms with van der Waals surface area (Å²) in [5.41, 5.74) is 0. The Kier molecular flexibility index (Phi) is 4.99. The molecule has 0 radical (unpaired) electrons. The molecule has 4 nitrogen and oxygen atoms in total. The number of pyridine rings is 1. The van der Waals surface area contributed by atoms with E-state index in [2.05, 4.69) is 34.0 Å². The van der Waals surface area contributed by atoms with Crippen LogP contribution in [0, 0.1) is 0 Å². The molecule has 2 aromatic heterocycles. The lowest BCUT2D eigenvalue weighted by Crippen LogP contribution is -2.21. The summed E-state index contributed by atoms with van der Waals surface area (Å²) in [4.78, 5) is 12.1. The Morgan fingerprint density at radius 2 is 2.11 bits per heavy atom. The molecule has 0 atom stereocenters. The molecule has 1 N–H and O–H groups in total. The summed E-state index contributed by atoms with van der Waals surface area (Å²) in [6, 6.07) is 5.54. The minimum atomic E-state index is 0.498. The van der Waals surface area contributed by atoms with Crippen molar-refractivity contribution in [1.29, 1.82) is 0 Å². The largest absolute Gasteiger partial charge is 0.365 e. The van der Waals surface area contributed by atoms with E-state index in [1.807, 2.05) is 18.3 Å². The number of anilines is 2. The van der Waals surface area contributed by atoms with Crippen LogP contribution in [0.2, 0.25) is 5.15 Å². The van der Waals surface area contributed by atoms with E-state index < -0.39 is 0 Å². The van der Waals surface area contributed by atoms with Crippen molar-refractivity contribution in [1.82, 2.24) is 9.97 Å². The summed E-state index contributed by atoms with van der Waals surface area (Å²) in [7, 11) is 0. The van der Waals surface area contributed by atoms with Gasteiger partial charge in [-0.15, -0.1) is 11.3 Å². The summed E-state index contributed by atoms with van der Waals surface area (Å²) in [5, 5.41) is 4.81. The van der Waals surface area contributed by atoms with Crippen LogP contribution < -0.4 is 10.2 Å². The molecule has 2 aromatic rings. The van der Waals surface area contributed by atoms with Gasteiger partial charge in [-0.3, -0.25) is 0 Å². The van der Waals surface area contributed by atoms with E-state index in [9.17, 15) is 0 Å². The topological polar surface area (TPSA) is 41.1 Å². The van der Waals surface area contributed by atoms with Gasteiger partial charge in [-0.25, -0.2) is 9.97 Å². The van der Waals surface area contributed by atoms with Crippen molar-refractivity contribution >= 4 is 33.9 Å². The van der Waals surface area contributed by atoms with Crippen molar-refractivity contribution in [2.45, 2.75) is 20.4 Å². The minimum absolute atomic E-state index is 0.498. The molecule has 0 aliphatic carbocycles. The van der Waals surface area contributed by atoms with Gasteiger partial charge in [0.1, 0.15) is 11.0 Å². The molecule has 0 saturated carbocycles. The molecule has 0 aromatic carbocycles. The summed E-state index contributed by atoms with van der Waals surface area (Å²) < 4.78 is 0. The molecule has 0 unspecified atom stereocenters. The van der Waals surface area contributed by atoms with Gasteiger partial charge in [0.2, 0.25) is 0 Å². The van der Waals surface area contributed by atoms with Crippen LogP contribution in [0.15, 0.2) is 24.4 Å². The average Bonchev–Trinajstić information content (AvgIpc) is 2.87.